The molecular formula is C18H13NO4. The van der Waals surface area contributed by atoms with Crippen LogP contribution in [0, 0.1) is 0 Å². The van der Waals surface area contributed by atoms with Crippen molar-refractivity contribution >= 4 is 22.8 Å². The SMILES string of the molecule is O=C(O)c1ccc2c(C(=O)OCc3ccccc3)cccc2n1. The van der Waals surface area contributed by atoms with Gasteiger partial charge in [-0.3, -0.25) is 0 Å². The second kappa shape index (κ2) is 6.27. The normalized spacial score (nSPS) is 10.4. The smallest absolute Gasteiger partial charge is 0.354 e. The Morgan fingerprint density at radius 1 is 0.957 bits per heavy atom. The van der Waals surface area contributed by atoms with Crippen molar-refractivity contribution in [2.24, 2.45) is 0 Å². The molecule has 5 nitrogen and oxygen atoms in total. The highest BCUT2D eigenvalue weighted by atomic mass is 16.5. The largest absolute Gasteiger partial charge is 0.477 e. The summed E-state index contributed by atoms with van der Waals surface area (Å²) in [5, 5.41) is 9.54. The van der Waals surface area contributed by atoms with Crippen LogP contribution in [0.15, 0.2) is 60.7 Å². The summed E-state index contributed by atoms with van der Waals surface area (Å²) in [5.41, 5.74) is 1.64. The number of pyridine rings is 1. The molecule has 0 amide bonds. The molecule has 0 aliphatic carbocycles. The number of fused-ring (bicyclic) bond motifs is 1. The van der Waals surface area contributed by atoms with Crippen LogP contribution in [0.2, 0.25) is 0 Å². The number of rotatable bonds is 4. The molecule has 0 fully saturated rings. The maximum absolute atomic E-state index is 12.3. The summed E-state index contributed by atoms with van der Waals surface area (Å²) in [4.78, 5) is 27.3. The van der Waals surface area contributed by atoms with E-state index in [2.05, 4.69) is 4.98 Å². The van der Waals surface area contributed by atoms with E-state index < -0.39 is 11.9 Å². The van der Waals surface area contributed by atoms with Crippen molar-refractivity contribution in [3.63, 3.8) is 0 Å². The van der Waals surface area contributed by atoms with Gasteiger partial charge in [-0.25, -0.2) is 14.6 Å². The van der Waals surface area contributed by atoms with Crippen LogP contribution in [0.25, 0.3) is 10.9 Å². The standard InChI is InChI=1S/C18H13NO4/c20-17(21)16-10-9-13-14(7-4-8-15(13)19-16)18(22)23-11-12-5-2-1-3-6-12/h1-10H,11H2,(H,20,21). The van der Waals surface area contributed by atoms with Gasteiger partial charge in [-0.2, -0.15) is 0 Å². The highest BCUT2D eigenvalue weighted by molar-refractivity contribution is 6.04. The van der Waals surface area contributed by atoms with Crippen molar-refractivity contribution in [3.05, 3.63) is 77.5 Å². The third-order valence-corrected chi connectivity index (χ3v) is 3.38. The molecule has 23 heavy (non-hydrogen) atoms. The van der Waals surface area contributed by atoms with Crippen LogP contribution in [0.4, 0.5) is 0 Å². The highest BCUT2D eigenvalue weighted by Gasteiger charge is 2.14. The molecule has 3 rings (SSSR count). The molecule has 0 spiro atoms. The number of carboxylic acids is 1. The van der Waals surface area contributed by atoms with Gasteiger partial charge in [0, 0.05) is 5.39 Å². The lowest BCUT2D eigenvalue weighted by atomic mass is 10.1. The van der Waals surface area contributed by atoms with Gasteiger partial charge in [0.15, 0.2) is 0 Å². The van der Waals surface area contributed by atoms with Gasteiger partial charge >= 0.3 is 11.9 Å². The Kier molecular flexibility index (Phi) is 4.01. The van der Waals surface area contributed by atoms with Gasteiger partial charge in [0.1, 0.15) is 12.3 Å². The molecule has 1 N–H and O–H groups in total. The Balaban J connectivity index is 1.87. The minimum atomic E-state index is -1.11. The maximum atomic E-state index is 12.3. The molecule has 3 aromatic rings. The number of aromatic carboxylic acids is 1. The molecule has 1 aromatic heterocycles. The zero-order chi connectivity index (χ0) is 16.2. The number of carboxylic acid groups (broad SMARTS) is 1. The van der Waals surface area contributed by atoms with E-state index in [4.69, 9.17) is 9.84 Å². The molecule has 0 atom stereocenters. The molecule has 5 heteroatoms. The van der Waals surface area contributed by atoms with Gasteiger partial charge in [0.25, 0.3) is 0 Å². The van der Waals surface area contributed by atoms with E-state index in [1.165, 1.54) is 6.07 Å². The number of benzene rings is 2. The molecule has 2 aromatic carbocycles. The van der Waals surface area contributed by atoms with Crippen molar-refractivity contribution in [2.75, 3.05) is 0 Å². The van der Waals surface area contributed by atoms with Crippen LogP contribution in [-0.4, -0.2) is 22.0 Å². The van der Waals surface area contributed by atoms with E-state index in [1.807, 2.05) is 30.3 Å². The van der Waals surface area contributed by atoms with E-state index in [0.29, 0.717) is 16.5 Å². The molecule has 0 bridgehead atoms. The lowest BCUT2D eigenvalue weighted by molar-refractivity contribution is 0.0475. The van der Waals surface area contributed by atoms with Gasteiger partial charge in [-0.05, 0) is 29.8 Å². The summed E-state index contributed by atoms with van der Waals surface area (Å²) in [6, 6.07) is 17.3. The van der Waals surface area contributed by atoms with Crippen molar-refractivity contribution in [2.45, 2.75) is 6.61 Å². The quantitative estimate of drug-likeness (QED) is 0.748. The summed E-state index contributed by atoms with van der Waals surface area (Å²) in [7, 11) is 0. The van der Waals surface area contributed by atoms with E-state index >= 15 is 0 Å². The lowest BCUT2D eigenvalue weighted by Crippen LogP contribution is -2.07. The first-order valence-electron chi connectivity index (χ1n) is 6.99. The van der Waals surface area contributed by atoms with E-state index in [0.717, 1.165) is 5.56 Å². The van der Waals surface area contributed by atoms with E-state index in [1.54, 1.807) is 24.3 Å². The minimum absolute atomic E-state index is 0.0627. The van der Waals surface area contributed by atoms with Gasteiger partial charge < -0.3 is 9.84 Å². The first-order valence-corrected chi connectivity index (χ1v) is 6.99. The molecule has 0 saturated carbocycles. The van der Waals surface area contributed by atoms with Crippen LogP contribution in [0.3, 0.4) is 0 Å². The fourth-order valence-electron chi connectivity index (χ4n) is 2.25. The molecule has 0 unspecified atom stereocenters. The van der Waals surface area contributed by atoms with Crippen LogP contribution in [0.1, 0.15) is 26.4 Å². The second-order valence-corrected chi connectivity index (χ2v) is 4.94. The number of esters is 1. The van der Waals surface area contributed by atoms with Crippen molar-refractivity contribution < 1.29 is 19.4 Å². The number of hydrogen-bond acceptors (Lipinski definition) is 4. The number of hydrogen-bond donors (Lipinski definition) is 1. The predicted octanol–water partition coefficient (Wildman–Crippen LogP) is 3.29. The van der Waals surface area contributed by atoms with Gasteiger partial charge in [0.05, 0.1) is 11.1 Å². The fraction of sp³-hybridized carbons (Fsp3) is 0.0556. The molecule has 0 aliphatic rings. The Hall–Kier alpha value is -3.21. The van der Waals surface area contributed by atoms with Crippen LogP contribution in [-0.2, 0) is 11.3 Å². The Morgan fingerprint density at radius 2 is 1.74 bits per heavy atom. The Labute approximate surface area is 132 Å². The zero-order valence-corrected chi connectivity index (χ0v) is 12.1. The fourth-order valence-corrected chi connectivity index (χ4v) is 2.25. The van der Waals surface area contributed by atoms with E-state index in [-0.39, 0.29) is 12.3 Å². The average Bonchev–Trinajstić information content (AvgIpc) is 2.59. The van der Waals surface area contributed by atoms with Gasteiger partial charge in [-0.1, -0.05) is 36.4 Å². The lowest BCUT2D eigenvalue weighted by Gasteiger charge is -2.08. The number of aromatic nitrogens is 1. The molecule has 114 valence electrons. The topological polar surface area (TPSA) is 76.5 Å². The first kappa shape index (κ1) is 14.7. The van der Waals surface area contributed by atoms with E-state index in [9.17, 15) is 9.59 Å². The van der Waals surface area contributed by atoms with Crippen molar-refractivity contribution in [1.82, 2.24) is 4.98 Å². The monoisotopic (exact) mass is 307 g/mol. The first-order chi connectivity index (χ1) is 11.1. The number of ether oxygens (including phenoxy) is 1. The van der Waals surface area contributed by atoms with Gasteiger partial charge in [-0.15, -0.1) is 0 Å². The minimum Gasteiger partial charge on any atom is -0.477 e. The van der Waals surface area contributed by atoms with Crippen LogP contribution in [0.5, 0.6) is 0 Å². The van der Waals surface area contributed by atoms with Crippen molar-refractivity contribution in [1.29, 1.82) is 0 Å². The molecule has 0 saturated heterocycles. The zero-order valence-electron chi connectivity index (χ0n) is 12.1. The molecular weight excluding hydrogens is 294 g/mol. The molecule has 1 heterocycles. The summed E-state index contributed by atoms with van der Waals surface area (Å²) in [6.07, 6.45) is 0. The number of carbonyl (C=O) groups is 2. The Morgan fingerprint density at radius 3 is 2.48 bits per heavy atom. The third kappa shape index (κ3) is 3.18. The third-order valence-electron chi connectivity index (χ3n) is 3.38. The predicted molar refractivity (Wildman–Crippen MR) is 84.3 cm³/mol. The Bertz CT molecular complexity index is 875. The maximum Gasteiger partial charge on any atom is 0.354 e. The second-order valence-electron chi connectivity index (χ2n) is 4.94. The highest BCUT2D eigenvalue weighted by Crippen LogP contribution is 2.19. The summed E-state index contributed by atoms with van der Waals surface area (Å²) >= 11 is 0. The molecule has 0 radical (unpaired) electrons. The summed E-state index contributed by atoms with van der Waals surface area (Å²) < 4.78 is 5.32. The summed E-state index contributed by atoms with van der Waals surface area (Å²) in [6.45, 7) is 0.177. The summed E-state index contributed by atoms with van der Waals surface area (Å²) in [5.74, 6) is -1.58. The molecule has 0 aliphatic heterocycles. The van der Waals surface area contributed by atoms with Crippen LogP contribution < -0.4 is 0 Å². The van der Waals surface area contributed by atoms with Gasteiger partial charge in [0.2, 0.25) is 0 Å². The number of nitrogens with zero attached hydrogens (tertiary/aromatic N) is 1. The average molecular weight is 307 g/mol. The number of carbonyl (C=O) groups excluding carboxylic acids is 1. The van der Waals surface area contributed by atoms with Crippen molar-refractivity contribution in [3.8, 4) is 0 Å². The van der Waals surface area contributed by atoms with Crippen LogP contribution >= 0.6 is 0 Å².